The molecule has 0 saturated carbocycles. The molecule has 0 aliphatic heterocycles. The number of nitrogens with zero attached hydrogens (tertiary/aromatic N) is 1. The minimum atomic E-state index is -4.46. The van der Waals surface area contributed by atoms with Gasteiger partial charge in [-0.25, -0.2) is 4.79 Å². The van der Waals surface area contributed by atoms with Crippen molar-refractivity contribution < 1.29 is 27.4 Å². The van der Waals surface area contributed by atoms with E-state index in [1.807, 2.05) is 0 Å². The quantitative estimate of drug-likeness (QED) is 0.675. The van der Waals surface area contributed by atoms with Gasteiger partial charge in [-0.05, 0) is 36.9 Å². The van der Waals surface area contributed by atoms with Gasteiger partial charge in [-0.1, -0.05) is 24.3 Å². The average Bonchev–Trinajstić information content (AvgIpc) is 2.65. The molecule has 0 aliphatic carbocycles. The van der Waals surface area contributed by atoms with Crippen LogP contribution in [0.5, 0.6) is 11.5 Å². The number of benzene rings is 2. The van der Waals surface area contributed by atoms with Gasteiger partial charge in [0, 0.05) is 26.6 Å². The van der Waals surface area contributed by atoms with E-state index < -0.39 is 17.8 Å². The van der Waals surface area contributed by atoms with Gasteiger partial charge in [0.15, 0.2) is 0 Å². The smallest absolute Gasteiger partial charge is 0.419 e. The van der Waals surface area contributed by atoms with E-state index in [0.717, 1.165) is 11.6 Å². The molecule has 1 unspecified atom stereocenters. The third kappa shape index (κ3) is 7.14. The molecule has 0 aromatic heterocycles. The first-order chi connectivity index (χ1) is 13.2. The van der Waals surface area contributed by atoms with Gasteiger partial charge >= 0.3 is 12.3 Å². The molecular formula is C20H24ClF3N2O3. The predicted octanol–water partition coefficient (Wildman–Crippen LogP) is 4.92. The number of carbonyl (C=O) groups excluding carboxylic acids is 1. The minimum Gasteiger partial charge on any atom is -0.493 e. The molecule has 0 radical (unpaired) electrons. The molecule has 1 N–H and O–H groups in total. The molecule has 0 saturated heterocycles. The summed E-state index contributed by atoms with van der Waals surface area (Å²) in [4.78, 5) is 12.9. The molecule has 0 heterocycles. The second kappa shape index (κ2) is 10.9. The SMILES string of the molecule is CNC(CCOc1ccccc1C(F)(F)F)c1ccc(OC(=O)N(C)C)cc1.Cl. The van der Waals surface area contributed by atoms with E-state index in [-0.39, 0.29) is 30.8 Å². The number of hydrogen-bond donors (Lipinski definition) is 1. The van der Waals surface area contributed by atoms with Crippen molar-refractivity contribution in [2.75, 3.05) is 27.7 Å². The zero-order valence-electron chi connectivity index (χ0n) is 16.3. The first-order valence-electron chi connectivity index (χ1n) is 8.67. The monoisotopic (exact) mass is 432 g/mol. The first kappa shape index (κ1) is 24.6. The normalized spacial score (nSPS) is 11.9. The number of rotatable bonds is 7. The molecule has 2 rings (SSSR count). The number of halogens is 4. The molecule has 1 amide bonds. The average molecular weight is 433 g/mol. The van der Waals surface area contributed by atoms with Crippen LogP contribution in [0.1, 0.15) is 23.6 Å². The Labute approximate surface area is 174 Å². The third-order valence-corrected chi connectivity index (χ3v) is 4.06. The van der Waals surface area contributed by atoms with Crippen molar-refractivity contribution in [2.24, 2.45) is 0 Å². The number of nitrogens with one attached hydrogen (secondary N) is 1. The summed E-state index contributed by atoms with van der Waals surface area (Å²) < 4.78 is 49.6. The molecule has 0 spiro atoms. The van der Waals surface area contributed by atoms with Crippen molar-refractivity contribution in [3.05, 3.63) is 59.7 Å². The Balaban J connectivity index is 0.00000420. The van der Waals surface area contributed by atoms with Crippen LogP contribution >= 0.6 is 12.4 Å². The lowest BCUT2D eigenvalue weighted by atomic mass is 10.0. The Bertz CT molecular complexity index is 783. The van der Waals surface area contributed by atoms with E-state index in [9.17, 15) is 18.0 Å². The molecule has 5 nitrogen and oxygen atoms in total. The van der Waals surface area contributed by atoms with Crippen molar-refractivity contribution in [3.63, 3.8) is 0 Å². The maximum absolute atomic E-state index is 13.0. The lowest BCUT2D eigenvalue weighted by Crippen LogP contribution is -2.25. The second-order valence-corrected chi connectivity index (χ2v) is 6.30. The minimum absolute atomic E-state index is 0. The lowest BCUT2D eigenvalue weighted by Gasteiger charge is -2.19. The van der Waals surface area contributed by atoms with Gasteiger partial charge in [-0.15, -0.1) is 12.4 Å². The van der Waals surface area contributed by atoms with Gasteiger partial charge in [-0.2, -0.15) is 13.2 Å². The maximum atomic E-state index is 13.0. The summed E-state index contributed by atoms with van der Waals surface area (Å²) in [5.41, 5.74) is 0.114. The van der Waals surface area contributed by atoms with Crippen molar-refractivity contribution >= 4 is 18.5 Å². The third-order valence-electron chi connectivity index (χ3n) is 4.06. The van der Waals surface area contributed by atoms with Crippen LogP contribution < -0.4 is 14.8 Å². The van der Waals surface area contributed by atoms with E-state index in [0.29, 0.717) is 12.2 Å². The number of carbonyl (C=O) groups is 1. The molecule has 2 aromatic carbocycles. The van der Waals surface area contributed by atoms with Crippen LogP contribution in [-0.4, -0.2) is 38.7 Å². The topological polar surface area (TPSA) is 50.8 Å². The van der Waals surface area contributed by atoms with Crippen LogP contribution in [0.3, 0.4) is 0 Å². The Morgan fingerprint density at radius 1 is 1.10 bits per heavy atom. The van der Waals surface area contributed by atoms with Gasteiger partial charge in [0.05, 0.1) is 12.2 Å². The number of para-hydroxylation sites is 1. The molecule has 9 heteroatoms. The Morgan fingerprint density at radius 3 is 2.28 bits per heavy atom. The molecule has 2 aromatic rings. The number of ether oxygens (including phenoxy) is 2. The Morgan fingerprint density at radius 2 is 1.72 bits per heavy atom. The zero-order valence-corrected chi connectivity index (χ0v) is 17.1. The summed E-state index contributed by atoms with van der Waals surface area (Å²) in [6.45, 7) is 0.107. The number of hydrogen-bond acceptors (Lipinski definition) is 4. The van der Waals surface area contributed by atoms with Gasteiger partial charge in [-0.3, -0.25) is 0 Å². The number of alkyl halides is 3. The van der Waals surface area contributed by atoms with Gasteiger partial charge in [0.1, 0.15) is 11.5 Å². The van der Waals surface area contributed by atoms with E-state index in [4.69, 9.17) is 9.47 Å². The van der Waals surface area contributed by atoms with Crippen molar-refractivity contribution in [1.82, 2.24) is 10.2 Å². The highest BCUT2D eigenvalue weighted by atomic mass is 35.5. The molecule has 0 bridgehead atoms. The molecule has 1 atom stereocenters. The first-order valence-corrected chi connectivity index (χ1v) is 8.67. The fourth-order valence-corrected chi connectivity index (χ4v) is 2.55. The molecule has 0 aliphatic rings. The maximum Gasteiger partial charge on any atom is 0.419 e. The summed E-state index contributed by atoms with van der Waals surface area (Å²) in [5, 5.41) is 3.11. The van der Waals surface area contributed by atoms with Crippen LogP contribution in [0, 0.1) is 0 Å². The fraction of sp³-hybridized carbons (Fsp3) is 0.350. The summed E-state index contributed by atoms with van der Waals surface area (Å²) in [6.07, 6.45) is -4.48. The van der Waals surface area contributed by atoms with Crippen LogP contribution in [0.2, 0.25) is 0 Å². The lowest BCUT2D eigenvalue weighted by molar-refractivity contribution is -0.139. The highest BCUT2D eigenvalue weighted by Gasteiger charge is 2.34. The van der Waals surface area contributed by atoms with Crippen LogP contribution in [0.25, 0.3) is 0 Å². The van der Waals surface area contributed by atoms with E-state index >= 15 is 0 Å². The van der Waals surface area contributed by atoms with Crippen molar-refractivity contribution in [1.29, 1.82) is 0 Å². The standard InChI is InChI=1S/C20H23F3N2O3.ClH/c1-24-17(14-8-10-15(11-9-14)28-19(26)25(2)3)12-13-27-18-7-5-4-6-16(18)20(21,22)23;/h4-11,17,24H,12-13H2,1-3H3;1H. The molecule has 0 fully saturated rings. The van der Waals surface area contributed by atoms with E-state index in [2.05, 4.69) is 5.32 Å². The molecule has 160 valence electrons. The van der Waals surface area contributed by atoms with Crippen molar-refractivity contribution in [3.8, 4) is 11.5 Å². The highest BCUT2D eigenvalue weighted by Crippen LogP contribution is 2.36. The van der Waals surface area contributed by atoms with Crippen LogP contribution in [0.4, 0.5) is 18.0 Å². The summed E-state index contributed by atoms with van der Waals surface area (Å²) in [6, 6.07) is 11.9. The summed E-state index contributed by atoms with van der Waals surface area (Å²) >= 11 is 0. The molecule has 29 heavy (non-hydrogen) atoms. The van der Waals surface area contributed by atoms with E-state index in [1.54, 1.807) is 45.4 Å². The van der Waals surface area contributed by atoms with Crippen LogP contribution in [0.15, 0.2) is 48.5 Å². The highest BCUT2D eigenvalue weighted by molar-refractivity contribution is 5.85. The van der Waals surface area contributed by atoms with Gasteiger partial charge in [0.2, 0.25) is 0 Å². The van der Waals surface area contributed by atoms with Crippen molar-refractivity contribution in [2.45, 2.75) is 18.6 Å². The second-order valence-electron chi connectivity index (χ2n) is 6.30. The largest absolute Gasteiger partial charge is 0.493 e. The van der Waals surface area contributed by atoms with E-state index in [1.165, 1.54) is 23.1 Å². The summed E-state index contributed by atoms with van der Waals surface area (Å²) in [7, 11) is 4.93. The van der Waals surface area contributed by atoms with Gasteiger partial charge in [0.25, 0.3) is 0 Å². The Hall–Kier alpha value is -2.45. The molecular weight excluding hydrogens is 409 g/mol. The predicted molar refractivity (Wildman–Crippen MR) is 107 cm³/mol. The Kier molecular flexibility index (Phi) is 9.26. The summed E-state index contributed by atoms with van der Waals surface area (Å²) in [5.74, 6) is 0.225. The number of amides is 1. The van der Waals surface area contributed by atoms with Crippen LogP contribution in [-0.2, 0) is 6.18 Å². The zero-order chi connectivity index (χ0) is 20.7. The van der Waals surface area contributed by atoms with Gasteiger partial charge < -0.3 is 19.7 Å². The fourth-order valence-electron chi connectivity index (χ4n) is 2.55.